The second kappa shape index (κ2) is 9.92. The van der Waals surface area contributed by atoms with Crippen LogP contribution < -0.4 is 0 Å². The van der Waals surface area contributed by atoms with Gasteiger partial charge >= 0.3 is 6.09 Å². The van der Waals surface area contributed by atoms with Gasteiger partial charge in [-0.05, 0) is 40.0 Å². The Kier molecular flexibility index (Phi) is 8.17. The summed E-state index contributed by atoms with van der Waals surface area (Å²) in [4.78, 5) is 14.8. The van der Waals surface area contributed by atoms with Gasteiger partial charge in [-0.25, -0.2) is 4.79 Å². The van der Waals surface area contributed by atoms with E-state index < -0.39 is 11.4 Å². The lowest BCUT2D eigenvalue weighted by atomic mass is 10.1. The molecule has 2 fully saturated rings. The lowest BCUT2D eigenvalue weighted by Crippen LogP contribution is -2.43. The molecule has 0 aliphatic carbocycles. The molecule has 1 amide bonds. The molecule has 2 heterocycles. The van der Waals surface area contributed by atoms with Crippen molar-refractivity contribution in [3.05, 3.63) is 12.2 Å². The van der Waals surface area contributed by atoms with Crippen molar-refractivity contribution in [1.82, 2.24) is 4.90 Å². The summed E-state index contributed by atoms with van der Waals surface area (Å²) in [6, 6.07) is 0.375. The topological polar surface area (TPSA) is 48.0 Å². The number of carbonyl (C=O) groups is 1. The van der Waals surface area contributed by atoms with Gasteiger partial charge in [0.2, 0.25) is 0 Å². The van der Waals surface area contributed by atoms with Crippen molar-refractivity contribution in [3.63, 3.8) is 0 Å². The average Bonchev–Trinajstić information content (AvgIpc) is 3.19. The van der Waals surface area contributed by atoms with Crippen molar-refractivity contribution < 1.29 is 19.0 Å². The Morgan fingerprint density at radius 1 is 1.19 bits per heavy atom. The summed E-state index contributed by atoms with van der Waals surface area (Å²) in [6.45, 7) is 11.5. The Hall–Kier alpha value is -1.07. The highest BCUT2D eigenvalue weighted by Crippen LogP contribution is 2.32. The number of rotatable bonds is 8. The molecule has 0 radical (unpaired) electrons. The van der Waals surface area contributed by atoms with Crippen molar-refractivity contribution in [2.75, 3.05) is 13.2 Å². The molecule has 0 bridgehead atoms. The number of likely N-dealkylation sites (tertiary alicyclic amines) is 1. The monoisotopic (exact) mass is 381 g/mol. The molecule has 0 spiro atoms. The van der Waals surface area contributed by atoms with E-state index in [0.717, 1.165) is 51.4 Å². The van der Waals surface area contributed by atoms with Gasteiger partial charge in [0.05, 0.1) is 19.3 Å². The molecule has 2 aliphatic rings. The largest absolute Gasteiger partial charge is 0.444 e. The molecule has 5 heteroatoms. The zero-order chi connectivity index (χ0) is 19.9. The van der Waals surface area contributed by atoms with Crippen molar-refractivity contribution in [1.29, 1.82) is 0 Å². The van der Waals surface area contributed by atoms with E-state index in [2.05, 4.69) is 26.0 Å². The smallest absolute Gasteiger partial charge is 0.411 e. The molecular weight excluding hydrogens is 342 g/mol. The first-order valence-electron chi connectivity index (χ1n) is 10.8. The van der Waals surface area contributed by atoms with Crippen molar-refractivity contribution in [2.45, 2.75) is 109 Å². The first-order chi connectivity index (χ1) is 12.8. The Labute approximate surface area is 165 Å². The van der Waals surface area contributed by atoms with Gasteiger partial charge in [-0.2, -0.15) is 0 Å². The van der Waals surface area contributed by atoms with Crippen LogP contribution in [0.4, 0.5) is 4.79 Å². The third-order valence-electron chi connectivity index (χ3n) is 5.27. The van der Waals surface area contributed by atoms with Gasteiger partial charge in [-0.15, -0.1) is 0 Å². The molecule has 5 nitrogen and oxygen atoms in total. The van der Waals surface area contributed by atoms with Crippen LogP contribution in [0.1, 0.15) is 86.0 Å². The summed E-state index contributed by atoms with van der Waals surface area (Å²) in [5.74, 6) is -0.470. The zero-order valence-corrected chi connectivity index (χ0v) is 18.0. The molecule has 27 heavy (non-hydrogen) atoms. The highest BCUT2D eigenvalue weighted by Gasteiger charge is 2.38. The van der Waals surface area contributed by atoms with Gasteiger partial charge in [0.1, 0.15) is 5.60 Å². The van der Waals surface area contributed by atoms with Gasteiger partial charge in [0.25, 0.3) is 0 Å². The normalized spacial score (nSPS) is 25.4. The van der Waals surface area contributed by atoms with Crippen molar-refractivity contribution in [2.24, 2.45) is 0 Å². The fraction of sp³-hybridized carbons (Fsp3) is 0.864. The fourth-order valence-corrected chi connectivity index (χ4v) is 4.07. The lowest BCUT2D eigenvalue weighted by molar-refractivity contribution is -0.159. The molecule has 0 saturated carbocycles. The molecule has 2 aliphatic heterocycles. The second-order valence-corrected chi connectivity index (χ2v) is 8.82. The number of hydrogen-bond acceptors (Lipinski definition) is 4. The number of ether oxygens (including phenoxy) is 3. The SMILES string of the molecule is CCCC[C@H]1CC[C@@H](/C=C\CC2(CCC)OCCO2)N1C(=O)OC(C)(C)C. The molecular formula is C22H39NO4. The lowest BCUT2D eigenvalue weighted by Gasteiger charge is -2.32. The van der Waals surface area contributed by atoms with Gasteiger partial charge in [0, 0.05) is 18.9 Å². The maximum Gasteiger partial charge on any atom is 0.411 e. The summed E-state index contributed by atoms with van der Waals surface area (Å²) in [6.07, 6.45) is 12.2. The average molecular weight is 382 g/mol. The van der Waals surface area contributed by atoms with Crippen LogP contribution in [0.2, 0.25) is 0 Å². The van der Waals surface area contributed by atoms with E-state index in [-0.39, 0.29) is 18.2 Å². The molecule has 2 rings (SSSR count). The minimum atomic E-state index is -0.472. The van der Waals surface area contributed by atoms with Crippen LogP contribution >= 0.6 is 0 Å². The van der Waals surface area contributed by atoms with Crippen LogP contribution in [0.3, 0.4) is 0 Å². The highest BCUT2D eigenvalue weighted by molar-refractivity contribution is 5.69. The van der Waals surface area contributed by atoms with E-state index in [9.17, 15) is 4.79 Å². The third-order valence-corrected chi connectivity index (χ3v) is 5.27. The van der Waals surface area contributed by atoms with Crippen LogP contribution in [-0.2, 0) is 14.2 Å². The summed E-state index contributed by atoms with van der Waals surface area (Å²) < 4.78 is 17.5. The minimum Gasteiger partial charge on any atom is -0.444 e. The van der Waals surface area contributed by atoms with Gasteiger partial charge in [-0.1, -0.05) is 45.3 Å². The molecule has 0 unspecified atom stereocenters. The Balaban J connectivity index is 2.04. The first-order valence-corrected chi connectivity index (χ1v) is 10.8. The van der Waals surface area contributed by atoms with Crippen LogP contribution in [0.15, 0.2) is 12.2 Å². The summed E-state index contributed by atoms with van der Waals surface area (Å²) >= 11 is 0. The number of nitrogens with zero attached hydrogens (tertiary/aromatic N) is 1. The maximum absolute atomic E-state index is 12.9. The minimum absolute atomic E-state index is 0.0989. The number of amides is 1. The Morgan fingerprint density at radius 3 is 2.48 bits per heavy atom. The number of unbranched alkanes of at least 4 members (excludes halogenated alkanes) is 1. The van der Waals surface area contributed by atoms with E-state index in [4.69, 9.17) is 14.2 Å². The Morgan fingerprint density at radius 2 is 1.89 bits per heavy atom. The molecule has 0 aromatic carbocycles. The first kappa shape index (κ1) is 22.2. The van der Waals surface area contributed by atoms with E-state index in [1.807, 2.05) is 25.7 Å². The molecule has 0 aromatic heterocycles. The third kappa shape index (κ3) is 6.49. The number of carbonyl (C=O) groups excluding carboxylic acids is 1. The molecule has 0 aromatic rings. The van der Waals surface area contributed by atoms with Gasteiger partial charge < -0.3 is 14.2 Å². The highest BCUT2D eigenvalue weighted by atomic mass is 16.7. The molecule has 156 valence electrons. The van der Waals surface area contributed by atoms with E-state index in [1.54, 1.807) is 0 Å². The quantitative estimate of drug-likeness (QED) is 0.526. The van der Waals surface area contributed by atoms with Crippen LogP contribution in [-0.4, -0.2) is 47.7 Å². The van der Waals surface area contributed by atoms with Crippen LogP contribution in [0.25, 0.3) is 0 Å². The predicted octanol–water partition coefficient (Wildman–Crippen LogP) is 5.43. The molecule has 2 atom stereocenters. The standard InChI is InChI=1S/C22H39NO4/c1-6-8-10-18-12-13-19(23(18)20(24)27-21(3,4)5)11-9-15-22(14-7-2)25-16-17-26-22/h9,11,18-19H,6-8,10,12-17H2,1-5H3/b11-9-/t18-,19+/m0/s1. The number of hydrogen-bond donors (Lipinski definition) is 0. The predicted molar refractivity (Wildman–Crippen MR) is 108 cm³/mol. The summed E-state index contributed by atoms with van der Waals surface area (Å²) in [7, 11) is 0. The van der Waals surface area contributed by atoms with Crippen molar-refractivity contribution >= 4 is 6.09 Å². The van der Waals surface area contributed by atoms with E-state index in [1.165, 1.54) is 0 Å². The van der Waals surface area contributed by atoms with Crippen molar-refractivity contribution in [3.8, 4) is 0 Å². The molecule has 0 N–H and O–H groups in total. The van der Waals surface area contributed by atoms with Gasteiger partial charge in [-0.3, -0.25) is 4.90 Å². The van der Waals surface area contributed by atoms with E-state index >= 15 is 0 Å². The van der Waals surface area contributed by atoms with Crippen LogP contribution in [0.5, 0.6) is 0 Å². The zero-order valence-electron chi connectivity index (χ0n) is 18.0. The van der Waals surface area contributed by atoms with E-state index in [0.29, 0.717) is 13.2 Å². The fourth-order valence-electron chi connectivity index (χ4n) is 4.07. The van der Waals surface area contributed by atoms with Gasteiger partial charge in [0.15, 0.2) is 5.79 Å². The molecule has 2 saturated heterocycles. The second-order valence-electron chi connectivity index (χ2n) is 8.82. The summed E-state index contributed by atoms with van der Waals surface area (Å²) in [5, 5.41) is 0. The Bertz CT molecular complexity index is 491. The maximum atomic E-state index is 12.9. The van der Waals surface area contributed by atoms with Crippen LogP contribution in [0, 0.1) is 0 Å². The summed E-state index contributed by atoms with van der Waals surface area (Å²) in [5.41, 5.74) is -0.472.